The van der Waals surface area contributed by atoms with E-state index in [4.69, 9.17) is 14.4 Å². The number of carbonyl (C=O) groups is 1. The lowest BCUT2D eigenvalue weighted by atomic mass is 9.98. The van der Waals surface area contributed by atoms with Crippen molar-refractivity contribution in [3.63, 3.8) is 0 Å². The van der Waals surface area contributed by atoms with Gasteiger partial charge in [0.25, 0.3) is 0 Å². The third-order valence-corrected chi connectivity index (χ3v) is 6.42. The van der Waals surface area contributed by atoms with E-state index in [0.29, 0.717) is 5.56 Å². The van der Waals surface area contributed by atoms with Crippen LogP contribution < -0.4 is 0 Å². The van der Waals surface area contributed by atoms with E-state index in [0.717, 1.165) is 22.4 Å². The maximum Gasteiger partial charge on any atom is 0.360 e. The van der Waals surface area contributed by atoms with E-state index in [1.54, 1.807) is 17.8 Å². The van der Waals surface area contributed by atoms with Crippen molar-refractivity contribution in [3.05, 3.63) is 70.3 Å². The number of carbonyl (C=O) groups excluding carboxylic acids is 1. The van der Waals surface area contributed by atoms with Gasteiger partial charge in [-0.1, -0.05) is 52.8 Å². The molecule has 2 aromatic rings. The summed E-state index contributed by atoms with van der Waals surface area (Å²) in [7, 11) is 2.69. The third-order valence-electron chi connectivity index (χ3n) is 5.24. The summed E-state index contributed by atoms with van der Waals surface area (Å²) >= 11 is 1.72. The Morgan fingerprint density at radius 3 is 2.53 bits per heavy atom. The van der Waals surface area contributed by atoms with E-state index < -0.39 is 5.97 Å². The minimum atomic E-state index is -0.585. The molecular formula is C24H27N3O4S. The van der Waals surface area contributed by atoms with Crippen LogP contribution in [-0.4, -0.2) is 43.2 Å². The number of esters is 1. The van der Waals surface area contributed by atoms with Crippen LogP contribution in [0.15, 0.2) is 57.8 Å². The largest absolute Gasteiger partial charge is 0.464 e. The second-order valence-corrected chi connectivity index (χ2v) is 8.30. The number of hydrogen-bond donors (Lipinski definition) is 0. The number of nitrogens with zero attached hydrogens (tertiary/aromatic N) is 3. The summed E-state index contributed by atoms with van der Waals surface area (Å²) < 4.78 is 4.85. The van der Waals surface area contributed by atoms with Gasteiger partial charge in [-0.05, 0) is 31.9 Å². The number of oxime groups is 2. The molecule has 1 aliphatic rings. The molecule has 0 amide bonds. The van der Waals surface area contributed by atoms with Crippen LogP contribution >= 0.6 is 11.8 Å². The number of aliphatic imine (C=N–C) groups is 1. The molecule has 0 N–H and O–H groups in total. The first-order valence-electron chi connectivity index (χ1n) is 10.2. The van der Waals surface area contributed by atoms with Gasteiger partial charge in [0.15, 0.2) is 5.71 Å². The molecule has 7 nitrogen and oxygen atoms in total. The average molecular weight is 454 g/mol. The standard InChI is InChI=1S/C24H27N3O4S/c1-15-9-8-12-19(22(27-30-5)24(28)29-4)21(15)13-31-26-16(2)18-10-6-7-11-20(18)23-17(3)25-14-32-23/h6-12,14,17,23H,13H2,1-5H3/b26-16+,27-22+. The normalized spacial score (nSPS) is 18.5. The van der Waals surface area contributed by atoms with Gasteiger partial charge in [0.1, 0.15) is 13.7 Å². The number of aryl methyl sites for hydroxylation is 1. The quantitative estimate of drug-likeness (QED) is 0.330. The number of ether oxygens (including phenoxy) is 1. The van der Waals surface area contributed by atoms with Crippen molar-refractivity contribution >= 4 is 34.7 Å². The third kappa shape index (κ3) is 5.19. The van der Waals surface area contributed by atoms with E-state index in [1.807, 2.05) is 49.7 Å². The Morgan fingerprint density at radius 2 is 1.84 bits per heavy atom. The van der Waals surface area contributed by atoms with Crippen molar-refractivity contribution in [1.29, 1.82) is 0 Å². The molecule has 168 valence electrons. The lowest BCUT2D eigenvalue weighted by Gasteiger charge is -2.17. The molecule has 2 unspecified atom stereocenters. The van der Waals surface area contributed by atoms with E-state index in [1.165, 1.54) is 19.8 Å². The van der Waals surface area contributed by atoms with Crippen LogP contribution in [0.1, 0.15) is 46.9 Å². The molecule has 0 aliphatic carbocycles. The molecule has 1 aliphatic heterocycles. The zero-order valence-corrected chi connectivity index (χ0v) is 19.7. The Balaban J connectivity index is 1.85. The summed E-state index contributed by atoms with van der Waals surface area (Å²) in [4.78, 5) is 27.3. The van der Waals surface area contributed by atoms with Gasteiger partial charge in [0.2, 0.25) is 0 Å². The van der Waals surface area contributed by atoms with Gasteiger partial charge < -0.3 is 14.4 Å². The lowest BCUT2D eigenvalue weighted by Crippen LogP contribution is -2.20. The van der Waals surface area contributed by atoms with E-state index >= 15 is 0 Å². The Labute approximate surface area is 192 Å². The summed E-state index contributed by atoms with van der Waals surface area (Å²) in [6, 6.07) is 14.0. The molecule has 0 spiro atoms. The van der Waals surface area contributed by atoms with Crippen LogP contribution in [0.2, 0.25) is 0 Å². The first kappa shape index (κ1) is 23.5. The van der Waals surface area contributed by atoms with E-state index in [2.05, 4.69) is 28.3 Å². The monoisotopic (exact) mass is 453 g/mol. The highest BCUT2D eigenvalue weighted by Crippen LogP contribution is 2.38. The number of methoxy groups -OCH3 is 1. The van der Waals surface area contributed by atoms with Crippen LogP contribution in [-0.2, 0) is 25.8 Å². The van der Waals surface area contributed by atoms with Crippen molar-refractivity contribution in [2.24, 2.45) is 15.3 Å². The van der Waals surface area contributed by atoms with Crippen LogP contribution in [0.3, 0.4) is 0 Å². The van der Waals surface area contributed by atoms with Gasteiger partial charge in [-0.15, -0.1) is 11.8 Å². The molecule has 2 aromatic carbocycles. The fourth-order valence-corrected chi connectivity index (χ4v) is 4.58. The topological polar surface area (TPSA) is 81.8 Å². The highest BCUT2D eigenvalue weighted by atomic mass is 32.2. The predicted octanol–water partition coefficient (Wildman–Crippen LogP) is 4.66. The molecule has 0 fully saturated rings. The smallest absolute Gasteiger partial charge is 0.360 e. The maximum atomic E-state index is 12.2. The summed E-state index contributed by atoms with van der Waals surface area (Å²) in [5.74, 6) is -0.585. The molecule has 2 atom stereocenters. The predicted molar refractivity (Wildman–Crippen MR) is 128 cm³/mol. The van der Waals surface area contributed by atoms with Crippen LogP contribution in [0, 0.1) is 6.92 Å². The van der Waals surface area contributed by atoms with Gasteiger partial charge in [-0.25, -0.2) is 4.79 Å². The Kier molecular flexibility index (Phi) is 8.05. The molecule has 8 heteroatoms. The highest BCUT2D eigenvalue weighted by Gasteiger charge is 2.26. The zero-order valence-electron chi connectivity index (χ0n) is 18.9. The number of thioether (sulfide) groups is 1. The Bertz CT molecular complexity index is 1060. The summed E-state index contributed by atoms with van der Waals surface area (Å²) in [5, 5.41) is 8.49. The zero-order chi connectivity index (χ0) is 23.1. The van der Waals surface area contributed by atoms with Gasteiger partial charge in [-0.3, -0.25) is 4.99 Å². The number of hydrogen-bond acceptors (Lipinski definition) is 8. The Morgan fingerprint density at radius 1 is 1.09 bits per heavy atom. The number of benzene rings is 2. The van der Waals surface area contributed by atoms with Gasteiger partial charge in [-0.2, -0.15) is 0 Å². The van der Waals surface area contributed by atoms with Crippen molar-refractivity contribution in [1.82, 2.24) is 0 Å². The van der Waals surface area contributed by atoms with Crippen LogP contribution in [0.4, 0.5) is 0 Å². The molecule has 0 aromatic heterocycles. The van der Waals surface area contributed by atoms with Crippen LogP contribution in [0.5, 0.6) is 0 Å². The molecule has 0 saturated heterocycles. The second kappa shape index (κ2) is 10.9. The molecule has 0 saturated carbocycles. The minimum Gasteiger partial charge on any atom is -0.464 e. The van der Waals surface area contributed by atoms with Gasteiger partial charge >= 0.3 is 5.97 Å². The fraction of sp³-hybridized carbons (Fsp3) is 0.333. The molecule has 3 rings (SSSR count). The number of rotatable bonds is 8. The van der Waals surface area contributed by atoms with Crippen molar-refractivity contribution in [2.75, 3.05) is 14.2 Å². The van der Waals surface area contributed by atoms with E-state index in [9.17, 15) is 4.79 Å². The van der Waals surface area contributed by atoms with E-state index in [-0.39, 0.29) is 23.6 Å². The van der Waals surface area contributed by atoms with Crippen LogP contribution in [0.25, 0.3) is 0 Å². The van der Waals surface area contributed by atoms with Crippen molar-refractivity contribution < 1.29 is 19.2 Å². The lowest BCUT2D eigenvalue weighted by molar-refractivity contribution is -0.132. The maximum absolute atomic E-state index is 12.2. The molecular weight excluding hydrogens is 426 g/mol. The fourth-order valence-electron chi connectivity index (χ4n) is 3.54. The second-order valence-electron chi connectivity index (χ2n) is 7.30. The summed E-state index contributed by atoms with van der Waals surface area (Å²) in [5.41, 5.74) is 7.29. The molecule has 1 heterocycles. The SMILES string of the molecule is CO/N=C(/C(=O)OC)c1cccc(C)c1CO/N=C(\C)c1ccccc1C1SC=NC1C. The molecule has 32 heavy (non-hydrogen) atoms. The minimum absolute atomic E-state index is 0.0793. The summed E-state index contributed by atoms with van der Waals surface area (Å²) in [6.45, 7) is 6.14. The Hall–Kier alpha value is -3.13. The van der Waals surface area contributed by atoms with Gasteiger partial charge in [0, 0.05) is 16.7 Å². The molecule has 0 bridgehead atoms. The first-order valence-corrected chi connectivity index (χ1v) is 11.1. The van der Waals surface area contributed by atoms with Gasteiger partial charge in [0.05, 0.1) is 29.7 Å². The summed E-state index contributed by atoms with van der Waals surface area (Å²) in [6.07, 6.45) is 0. The molecule has 0 radical (unpaired) electrons. The first-order chi connectivity index (χ1) is 15.5. The van der Waals surface area contributed by atoms with Crippen molar-refractivity contribution in [3.8, 4) is 0 Å². The average Bonchev–Trinajstić information content (AvgIpc) is 3.23. The highest BCUT2D eigenvalue weighted by molar-refractivity contribution is 8.12. The van der Waals surface area contributed by atoms with Crippen molar-refractivity contribution in [2.45, 2.75) is 38.7 Å².